The Morgan fingerprint density at radius 1 is 1.32 bits per heavy atom. The summed E-state index contributed by atoms with van der Waals surface area (Å²) in [6.07, 6.45) is 2.41. The van der Waals surface area contributed by atoms with E-state index in [9.17, 15) is 0 Å². The number of ether oxygens (including phenoxy) is 1. The van der Waals surface area contributed by atoms with Gasteiger partial charge in [0.2, 0.25) is 0 Å². The van der Waals surface area contributed by atoms with E-state index in [0.717, 1.165) is 26.3 Å². The van der Waals surface area contributed by atoms with Crippen LogP contribution in [0.5, 0.6) is 0 Å². The molecule has 0 spiro atoms. The van der Waals surface area contributed by atoms with Crippen molar-refractivity contribution in [3.8, 4) is 0 Å². The summed E-state index contributed by atoms with van der Waals surface area (Å²) in [7, 11) is 0. The van der Waals surface area contributed by atoms with E-state index in [-0.39, 0.29) is 5.54 Å². The van der Waals surface area contributed by atoms with Crippen molar-refractivity contribution in [2.45, 2.75) is 66.0 Å². The van der Waals surface area contributed by atoms with Gasteiger partial charge in [0.25, 0.3) is 0 Å². The Morgan fingerprint density at radius 2 is 2.00 bits per heavy atom. The summed E-state index contributed by atoms with van der Waals surface area (Å²) in [6.45, 7) is 18.8. The zero-order valence-electron chi connectivity index (χ0n) is 13.9. The Balaban J connectivity index is 2.64. The summed E-state index contributed by atoms with van der Waals surface area (Å²) >= 11 is 0. The van der Waals surface area contributed by atoms with Crippen molar-refractivity contribution < 1.29 is 4.74 Å². The Kier molecular flexibility index (Phi) is 6.28. The van der Waals surface area contributed by atoms with Gasteiger partial charge in [-0.1, -0.05) is 6.92 Å². The van der Waals surface area contributed by atoms with E-state index in [4.69, 9.17) is 4.74 Å². The molecule has 0 aliphatic carbocycles. The summed E-state index contributed by atoms with van der Waals surface area (Å²) in [6, 6.07) is 0.618. The molecule has 0 aromatic rings. The van der Waals surface area contributed by atoms with Crippen molar-refractivity contribution in [3.05, 3.63) is 0 Å². The van der Waals surface area contributed by atoms with Crippen molar-refractivity contribution in [1.29, 1.82) is 0 Å². The topological polar surface area (TPSA) is 24.5 Å². The minimum absolute atomic E-state index is 0.184. The highest BCUT2D eigenvalue weighted by molar-refractivity contribution is 4.91. The molecular formula is C16H34N2O. The standard InChI is InChI=1S/C16H34N2O/c1-7-9-18(14(2)3)12-16(8-10-19-13-16)11-17-15(4,5)6/h14,17H,7-13H2,1-6H3. The molecule has 1 heterocycles. The highest BCUT2D eigenvalue weighted by Gasteiger charge is 2.37. The highest BCUT2D eigenvalue weighted by Crippen LogP contribution is 2.30. The molecule has 0 amide bonds. The number of nitrogens with one attached hydrogen (secondary N) is 1. The van der Waals surface area contributed by atoms with Crippen LogP contribution in [0.15, 0.2) is 0 Å². The first kappa shape index (κ1) is 16.9. The van der Waals surface area contributed by atoms with Crippen molar-refractivity contribution in [1.82, 2.24) is 10.2 Å². The maximum atomic E-state index is 5.72. The summed E-state index contributed by atoms with van der Waals surface area (Å²) in [4.78, 5) is 2.61. The smallest absolute Gasteiger partial charge is 0.0547 e. The number of hydrogen-bond acceptors (Lipinski definition) is 3. The second kappa shape index (κ2) is 7.05. The lowest BCUT2D eigenvalue weighted by Gasteiger charge is -2.38. The molecule has 3 nitrogen and oxygen atoms in total. The van der Waals surface area contributed by atoms with Crippen LogP contribution in [0.25, 0.3) is 0 Å². The van der Waals surface area contributed by atoms with Gasteiger partial charge in [-0.2, -0.15) is 0 Å². The van der Waals surface area contributed by atoms with E-state index >= 15 is 0 Å². The van der Waals surface area contributed by atoms with Gasteiger partial charge in [0, 0.05) is 36.7 Å². The van der Waals surface area contributed by atoms with Gasteiger partial charge in [0.1, 0.15) is 0 Å². The lowest BCUT2D eigenvalue weighted by atomic mass is 9.85. The van der Waals surface area contributed by atoms with Gasteiger partial charge < -0.3 is 15.0 Å². The Morgan fingerprint density at radius 3 is 2.42 bits per heavy atom. The third-order valence-corrected chi connectivity index (χ3v) is 3.96. The normalized spacial score (nSPS) is 24.6. The second-order valence-electron chi connectivity index (χ2n) is 7.47. The van der Waals surface area contributed by atoms with E-state index in [1.54, 1.807) is 0 Å². The molecule has 1 fully saturated rings. The van der Waals surface area contributed by atoms with Crippen LogP contribution in [0.1, 0.15) is 54.4 Å². The van der Waals surface area contributed by atoms with Gasteiger partial charge in [-0.05, 0) is 54.0 Å². The van der Waals surface area contributed by atoms with E-state index < -0.39 is 0 Å². The third-order valence-electron chi connectivity index (χ3n) is 3.96. The van der Waals surface area contributed by atoms with Gasteiger partial charge in [-0.3, -0.25) is 0 Å². The third kappa shape index (κ3) is 5.80. The van der Waals surface area contributed by atoms with E-state index in [1.807, 2.05) is 0 Å². The Labute approximate surface area is 120 Å². The average molecular weight is 270 g/mol. The van der Waals surface area contributed by atoms with Gasteiger partial charge in [-0.25, -0.2) is 0 Å². The first-order valence-electron chi connectivity index (χ1n) is 7.85. The lowest BCUT2D eigenvalue weighted by molar-refractivity contribution is 0.0880. The largest absolute Gasteiger partial charge is 0.381 e. The molecule has 0 aromatic carbocycles. The average Bonchev–Trinajstić information content (AvgIpc) is 2.74. The maximum absolute atomic E-state index is 5.72. The molecule has 1 unspecified atom stereocenters. The molecule has 114 valence electrons. The van der Waals surface area contributed by atoms with Crippen LogP contribution in [-0.2, 0) is 4.74 Å². The quantitative estimate of drug-likeness (QED) is 0.770. The molecule has 1 N–H and O–H groups in total. The predicted octanol–water partition coefficient (Wildman–Crippen LogP) is 2.90. The molecular weight excluding hydrogens is 236 g/mol. The van der Waals surface area contributed by atoms with Crippen LogP contribution in [0.2, 0.25) is 0 Å². The molecule has 0 bridgehead atoms. The zero-order valence-corrected chi connectivity index (χ0v) is 13.9. The molecule has 1 saturated heterocycles. The van der Waals surface area contributed by atoms with Crippen LogP contribution in [-0.4, -0.2) is 49.3 Å². The minimum atomic E-state index is 0.184. The van der Waals surface area contributed by atoms with Crippen molar-refractivity contribution in [2.24, 2.45) is 5.41 Å². The summed E-state index contributed by atoms with van der Waals surface area (Å²) in [5.74, 6) is 0. The first-order chi connectivity index (χ1) is 8.78. The lowest BCUT2D eigenvalue weighted by Crippen LogP contribution is -2.50. The minimum Gasteiger partial charge on any atom is -0.381 e. The van der Waals surface area contributed by atoms with Gasteiger partial charge in [-0.15, -0.1) is 0 Å². The second-order valence-corrected chi connectivity index (χ2v) is 7.47. The molecule has 0 saturated carbocycles. The van der Waals surface area contributed by atoms with Crippen LogP contribution in [0.3, 0.4) is 0 Å². The van der Waals surface area contributed by atoms with E-state index in [0.29, 0.717) is 11.5 Å². The molecule has 1 atom stereocenters. The molecule has 1 aliphatic heterocycles. The molecule has 19 heavy (non-hydrogen) atoms. The number of rotatable bonds is 7. The van der Waals surface area contributed by atoms with Crippen LogP contribution in [0.4, 0.5) is 0 Å². The van der Waals surface area contributed by atoms with Crippen LogP contribution in [0, 0.1) is 5.41 Å². The summed E-state index contributed by atoms with van der Waals surface area (Å²) < 4.78 is 5.72. The molecule has 1 aliphatic rings. The Hall–Kier alpha value is -0.120. The monoisotopic (exact) mass is 270 g/mol. The SMILES string of the molecule is CCCN(CC1(CNC(C)(C)C)CCOC1)C(C)C. The van der Waals surface area contributed by atoms with Crippen LogP contribution < -0.4 is 5.32 Å². The summed E-state index contributed by atoms with van der Waals surface area (Å²) in [5, 5.41) is 3.68. The van der Waals surface area contributed by atoms with Gasteiger partial charge in [0.05, 0.1) is 6.61 Å². The molecule has 1 rings (SSSR count). The fourth-order valence-corrected chi connectivity index (χ4v) is 2.66. The van der Waals surface area contributed by atoms with E-state index in [1.165, 1.54) is 19.4 Å². The van der Waals surface area contributed by atoms with Crippen molar-refractivity contribution in [2.75, 3.05) is 32.8 Å². The van der Waals surface area contributed by atoms with Gasteiger partial charge in [0.15, 0.2) is 0 Å². The maximum Gasteiger partial charge on any atom is 0.0547 e. The fraction of sp³-hybridized carbons (Fsp3) is 1.00. The van der Waals surface area contributed by atoms with Crippen molar-refractivity contribution in [3.63, 3.8) is 0 Å². The Bertz CT molecular complexity index is 252. The zero-order chi connectivity index (χ0) is 14.5. The number of nitrogens with zero attached hydrogens (tertiary/aromatic N) is 1. The first-order valence-corrected chi connectivity index (χ1v) is 7.85. The fourth-order valence-electron chi connectivity index (χ4n) is 2.66. The highest BCUT2D eigenvalue weighted by atomic mass is 16.5. The number of hydrogen-bond donors (Lipinski definition) is 1. The molecule has 3 heteroatoms. The molecule has 0 aromatic heterocycles. The predicted molar refractivity (Wildman–Crippen MR) is 82.6 cm³/mol. The van der Waals surface area contributed by atoms with Crippen molar-refractivity contribution >= 4 is 0 Å². The summed E-state index contributed by atoms with van der Waals surface area (Å²) in [5.41, 5.74) is 0.482. The molecule has 0 radical (unpaired) electrons. The van der Waals surface area contributed by atoms with Crippen LogP contribution >= 0.6 is 0 Å². The van der Waals surface area contributed by atoms with E-state index in [2.05, 4.69) is 51.8 Å². The van der Waals surface area contributed by atoms with Gasteiger partial charge >= 0.3 is 0 Å².